The standard InChI is InChI=1S/C7H9N4OP/c1-3(2)4-5-6(11-12-10-5)7(13)9-8-4/h3H,13H2,1-2H3. The largest absolute Gasteiger partial charge is 0.243 e. The Morgan fingerprint density at radius 3 is 2.54 bits per heavy atom. The summed E-state index contributed by atoms with van der Waals surface area (Å²) in [5, 5.41) is 15.5. The summed E-state index contributed by atoms with van der Waals surface area (Å²) in [6.07, 6.45) is 0. The van der Waals surface area contributed by atoms with E-state index in [9.17, 15) is 0 Å². The van der Waals surface area contributed by atoms with Crippen molar-refractivity contribution in [1.82, 2.24) is 20.5 Å². The third kappa shape index (κ3) is 1.29. The van der Waals surface area contributed by atoms with Crippen molar-refractivity contribution in [3.05, 3.63) is 5.69 Å². The summed E-state index contributed by atoms with van der Waals surface area (Å²) in [6.45, 7) is 4.06. The molecule has 5 nitrogen and oxygen atoms in total. The summed E-state index contributed by atoms with van der Waals surface area (Å²) in [7, 11) is 2.45. The SMILES string of the molecule is CC(C)c1nnc(P)c2nonc12. The minimum Gasteiger partial charge on any atom is -0.243 e. The van der Waals surface area contributed by atoms with Crippen LogP contribution < -0.4 is 5.44 Å². The summed E-state index contributed by atoms with van der Waals surface area (Å²) >= 11 is 0. The third-order valence-corrected chi connectivity index (χ3v) is 2.18. The normalized spacial score (nSPS) is 11.4. The van der Waals surface area contributed by atoms with Crippen molar-refractivity contribution in [3.8, 4) is 0 Å². The Hall–Kier alpha value is -1.09. The van der Waals surface area contributed by atoms with E-state index in [-0.39, 0.29) is 5.92 Å². The molecule has 0 fully saturated rings. The molecule has 2 rings (SSSR count). The van der Waals surface area contributed by atoms with E-state index < -0.39 is 0 Å². The van der Waals surface area contributed by atoms with E-state index in [0.29, 0.717) is 16.5 Å². The van der Waals surface area contributed by atoms with Crippen LogP contribution in [-0.2, 0) is 0 Å². The zero-order chi connectivity index (χ0) is 9.42. The monoisotopic (exact) mass is 196 g/mol. The smallest absolute Gasteiger partial charge is 0.164 e. The van der Waals surface area contributed by atoms with E-state index in [1.807, 2.05) is 13.8 Å². The molecular formula is C7H9N4OP. The number of fused-ring (bicyclic) bond motifs is 1. The Morgan fingerprint density at radius 1 is 1.15 bits per heavy atom. The second-order valence-electron chi connectivity index (χ2n) is 3.09. The second-order valence-corrected chi connectivity index (χ2v) is 3.63. The lowest BCUT2D eigenvalue weighted by Gasteiger charge is -2.02. The molecule has 0 radical (unpaired) electrons. The molecular weight excluding hydrogens is 187 g/mol. The van der Waals surface area contributed by atoms with E-state index in [0.717, 1.165) is 5.69 Å². The molecule has 0 bridgehead atoms. The lowest BCUT2D eigenvalue weighted by Crippen LogP contribution is -2.07. The van der Waals surface area contributed by atoms with Crippen molar-refractivity contribution in [3.63, 3.8) is 0 Å². The molecule has 0 spiro atoms. The van der Waals surface area contributed by atoms with Gasteiger partial charge in [0.1, 0.15) is 5.44 Å². The van der Waals surface area contributed by atoms with Crippen LogP contribution in [-0.4, -0.2) is 20.5 Å². The molecule has 0 aliphatic rings. The summed E-state index contributed by atoms with van der Waals surface area (Å²) in [5.41, 5.74) is 2.86. The van der Waals surface area contributed by atoms with Crippen LogP contribution in [0, 0.1) is 0 Å². The maximum atomic E-state index is 4.64. The topological polar surface area (TPSA) is 64.7 Å². The van der Waals surface area contributed by atoms with Crippen molar-refractivity contribution in [2.45, 2.75) is 19.8 Å². The van der Waals surface area contributed by atoms with Crippen LogP contribution in [0.3, 0.4) is 0 Å². The highest BCUT2D eigenvalue weighted by molar-refractivity contribution is 7.27. The quantitative estimate of drug-likeness (QED) is 0.626. The molecule has 2 heterocycles. The van der Waals surface area contributed by atoms with Crippen molar-refractivity contribution in [2.24, 2.45) is 0 Å². The first-order valence-corrected chi connectivity index (χ1v) is 4.52. The van der Waals surface area contributed by atoms with Crippen LogP contribution in [0.1, 0.15) is 25.5 Å². The maximum Gasteiger partial charge on any atom is 0.164 e. The van der Waals surface area contributed by atoms with Gasteiger partial charge in [0.2, 0.25) is 0 Å². The predicted molar refractivity (Wildman–Crippen MR) is 50.8 cm³/mol. The molecule has 2 aromatic rings. The van der Waals surface area contributed by atoms with Gasteiger partial charge in [0.15, 0.2) is 11.0 Å². The molecule has 1 atom stereocenters. The fourth-order valence-corrected chi connectivity index (χ4v) is 1.36. The highest BCUT2D eigenvalue weighted by atomic mass is 31.0. The zero-order valence-corrected chi connectivity index (χ0v) is 8.51. The zero-order valence-electron chi connectivity index (χ0n) is 7.35. The molecule has 6 heteroatoms. The lowest BCUT2D eigenvalue weighted by molar-refractivity contribution is 0.315. The summed E-state index contributed by atoms with van der Waals surface area (Å²) in [6, 6.07) is 0. The Bertz CT molecular complexity index is 439. The van der Waals surface area contributed by atoms with Gasteiger partial charge in [0.25, 0.3) is 0 Å². The Labute approximate surface area is 77.1 Å². The van der Waals surface area contributed by atoms with E-state index in [2.05, 4.69) is 34.4 Å². The van der Waals surface area contributed by atoms with Crippen LogP contribution >= 0.6 is 9.24 Å². The fourth-order valence-electron chi connectivity index (χ4n) is 1.12. The van der Waals surface area contributed by atoms with Gasteiger partial charge < -0.3 is 0 Å². The molecule has 0 N–H and O–H groups in total. The van der Waals surface area contributed by atoms with E-state index in [4.69, 9.17) is 0 Å². The van der Waals surface area contributed by atoms with Gasteiger partial charge in [0.05, 0.1) is 5.69 Å². The summed E-state index contributed by atoms with van der Waals surface area (Å²) in [4.78, 5) is 0. The average Bonchev–Trinajstić information content (AvgIpc) is 2.53. The molecule has 0 saturated carbocycles. The number of aromatic nitrogens is 4. The highest BCUT2D eigenvalue weighted by Gasteiger charge is 2.14. The van der Waals surface area contributed by atoms with E-state index in [1.54, 1.807) is 0 Å². The molecule has 68 valence electrons. The lowest BCUT2D eigenvalue weighted by atomic mass is 10.1. The van der Waals surface area contributed by atoms with Crippen LogP contribution in [0.15, 0.2) is 4.63 Å². The molecule has 0 aromatic carbocycles. The molecule has 0 aliphatic heterocycles. The van der Waals surface area contributed by atoms with Gasteiger partial charge in [-0.25, -0.2) is 4.63 Å². The van der Waals surface area contributed by atoms with E-state index in [1.165, 1.54) is 0 Å². The number of hydrogen-bond donors (Lipinski definition) is 0. The Kier molecular flexibility index (Phi) is 1.96. The van der Waals surface area contributed by atoms with Gasteiger partial charge in [-0.15, -0.1) is 5.10 Å². The molecule has 1 unspecified atom stereocenters. The summed E-state index contributed by atoms with van der Waals surface area (Å²) in [5.74, 6) is 0.271. The average molecular weight is 196 g/mol. The fraction of sp³-hybridized carbons (Fsp3) is 0.429. The van der Waals surface area contributed by atoms with Crippen molar-refractivity contribution in [1.29, 1.82) is 0 Å². The maximum absolute atomic E-state index is 4.64. The van der Waals surface area contributed by atoms with Gasteiger partial charge >= 0.3 is 0 Å². The molecule has 2 aromatic heterocycles. The van der Waals surface area contributed by atoms with Crippen LogP contribution in [0.5, 0.6) is 0 Å². The first-order valence-electron chi connectivity index (χ1n) is 3.94. The van der Waals surface area contributed by atoms with Gasteiger partial charge in [-0.1, -0.05) is 23.1 Å². The van der Waals surface area contributed by atoms with Crippen molar-refractivity contribution in [2.75, 3.05) is 0 Å². The molecule has 0 aliphatic carbocycles. The first-order chi connectivity index (χ1) is 6.20. The van der Waals surface area contributed by atoms with Crippen molar-refractivity contribution < 1.29 is 4.63 Å². The third-order valence-electron chi connectivity index (χ3n) is 1.79. The Balaban J connectivity index is 2.78. The minimum absolute atomic E-state index is 0.271. The number of rotatable bonds is 1. The van der Waals surface area contributed by atoms with Crippen LogP contribution in [0.4, 0.5) is 0 Å². The minimum atomic E-state index is 0.271. The van der Waals surface area contributed by atoms with Gasteiger partial charge in [-0.05, 0) is 16.2 Å². The molecule has 0 saturated heterocycles. The van der Waals surface area contributed by atoms with Crippen LogP contribution in [0.25, 0.3) is 11.0 Å². The van der Waals surface area contributed by atoms with Crippen LogP contribution in [0.2, 0.25) is 0 Å². The molecule has 0 amide bonds. The van der Waals surface area contributed by atoms with E-state index >= 15 is 0 Å². The summed E-state index contributed by atoms with van der Waals surface area (Å²) < 4.78 is 4.64. The molecule has 13 heavy (non-hydrogen) atoms. The second kappa shape index (κ2) is 3.00. The predicted octanol–water partition coefficient (Wildman–Crippen LogP) is 0.637. The highest BCUT2D eigenvalue weighted by Crippen LogP contribution is 2.18. The Morgan fingerprint density at radius 2 is 1.85 bits per heavy atom. The van der Waals surface area contributed by atoms with Crippen molar-refractivity contribution >= 4 is 25.7 Å². The van der Waals surface area contributed by atoms with Gasteiger partial charge in [-0.3, -0.25) is 0 Å². The van der Waals surface area contributed by atoms with Gasteiger partial charge in [-0.2, -0.15) is 5.10 Å². The number of hydrogen-bond acceptors (Lipinski definition) is 5. The first kappa shape index (κ1) is 8.51. The van der Waals surface area contributed by atoms with Gasteiger partial charge in [0, 0.05) is 0 Å². The number of nitrogens with zero attached hydrogens (tertiary/aromatic N) is 4.